The van der Waals surface area contributed by atoms with Gasteiger partial charge < -0.3 is 9.88 Å². The molecule has 0 unspecified atom stereocenters. The first-order valence-corrected chi connectivity index (χ1v) is 8.21. The number of nitrogens with one attached hydrogen (secondary N) is 1. The normalized spacial score (nSPS) is 10.7. The van der Waals surface area contributed by atoms with E-state index >= 15 is 0 Å². The second-order valence-corrected chi connectivity index (χ2v) is 5.98. The lowest BCUT2D eigenvalue weighted by molar-refractivity contribution is -0.113. The highest BCUT2D eigenvalue weighted by atomic mass is 32.2. The molecule has 0 radical (unpaired) electrons. The van der Waals surface area contributed by atoms with Crippen molar-refractivity contribution in [2.75, 3.05) is 11.1 Å². The van der Waals surface area contributed by atoms with Gasteiger partial charge in [-0.1, -0.05) is 17.8 Å². The molecule has 1 N–H and O–H groups in total. The van der Waals surface area contributed by atoms with Crippen LogP contribution in [0.4, 0.5) is 14.5 Å². The third-order valence-electron chi connectivity index (χ3n) is 3.31. The highest BCUT2D eigenvalue weighted by Crippen LogP contribution is 2.23. The van der Waals surface area contributed by atoms with E-state index in [1.165, 1.54) is 6.07 Å². The standard InChI is InChI=1S/C16H13F2N5OS/c1-23-15(10-4-3-7-19-8-10)21-22-16(23)25-9-13(24)20-14-11(17)5-2-6-12(14)18/h2-8H,9H2,1H3,(H,20,24). The second-order valence-electron chi connectivity index (χ2n) is 5.04. The lowest BCUT2D eigenvalue weighted by Gasteiger charge is -2.07. The first-order chi connectivity index (χ1) is 12.1. The van der Waals surface area contributed by atoms with Gasteiger partial charge in [0.05, 0.1) is 5.75 Å². The Labute approximate surface area is 146 Å². The fourth-order valence-corrected chi connectivity index (χ4v) is 2.82. The smallest absolute Gasteiger partial charge is 0.235 e. The minimum Gasteiger partial charge on any atom is -0.320 e. The Morgan fingerprint density at radius 1 is 1.20 bits per heavy atom. The van der Waals surface area contributed by atoms with Crippen LogP contribution in [0.15, 0.2) is 47.9 Å². The molecule has 0 fully saturated rings. The van der Waals surface area contributed by atoms with Crippen molar-refractivity contribution >= 4 is 23.4 Å². The summed E-state index contributed by atoms with van der Waals surface area (Å²) in [6, 6.07) is 7.02. The number of carbonyl (C=O) groups is 1. The van der Waals surface area contributed by atoms with Gasteiger partial charge in [-0.2, -0.15) is 0 Å². The van der Waals surface area contributed by atoms with Crippen molar-refractivity contribution in [3.8, 4) is 11.4 Å². The van der Waals surface area contributed by atoms with Crippen molar-refractivity contribution in [2.24, 2.45) is 7.05 Å². The quantitative estimate of drug-likeness (QED) is 0.708. The predicted molar refractivity (Wildman–Crippen MR) is 89.9 cm³/mol. The number of benzene rings is 1. The zero-order valence-electron chi connectivity index (χ0n) is 13.1. The van der Waals surface area contributed by atoms with Crippen LogP contribution in [0.25, 0.3) is 11.4 Å². The number of halogens is 2. The molecule has 9 heteroatoms. The van der Waals surface area contributed by atoms with Crippen molar-refractivity contribution < 1.29 is 13.6 Å². The molecular weight excluding hydrogens is 348 g/mol. The Kier molecular flexibility index (Phi) is 5.03. The average molecular weight is 361 g/mol. The van der Waals surface area contributed by atoms with Crippen LogP contribution in [0.3, 0.4) is 0 Å². The summed E-state index contributed by atoms with van der Waals surface area (Å²) < 4.78 is 28.8. The Morgan fingerprint density at radius 2 is 1.96 bits per heavy atom. The number of amides is 1. The zero-order valence-corrected chi connectivity index (χ0v) is 13.9. The zero-order chi connectivity index (χ0) is 17.8. The maximum atomic E-state index is 13.5. The second kappa shape index (κ2) is 7.39. The largest absolute Gasteiger partial charge is 0.320 e. The summed E-state index contributed by atoms with van der Waals surface area (Å²) in [6.07, 6.45) is 3.31. The van der Waals surface area contributed by atoms with Crippen LogP contribution in [0.2, 0.25) is 0 Å². The number of hydrogen-bond acceptors (Lipinski definition) is 5. The molecule has 0 aliphatic carbocycles. The number of hydrogen-bond donors (Lipinski definition) is 1. The van der Waals surface area contributed by atoms with E-state index in [1.54, 1.807) is 30.1 Å². The Hall–Kier alpha value is -2.81. The number of anilines is 1. The van der Waals surface area contributed by atoms with Crippen molar-refractivity contribution in [3.63, 3.8) is 0 Å². The van der Waals surface area contributed by atoms with Gasteiger partial charge in [-0.25, -0.2) is 8.78 Å². The Morgan fingerprint density at radius 3 is 2.64 bits per heavy atom. The van der Waals surface area contributed by atoms with Crippen LogP contribution in [0, 0.1) is 11.6 Å². The summed E-state index contributed by atoms with van der Waals surface area (Å²) in [4.78, 5) is 16.0. The van der Waals surface area contributed by atoms with Crippen LogP contribution in [-0.2, 0) is 11.8 Å². The summed E-state index contributed by atoms with van der Waals surface area (Å²) in [5.41, 5.74) is 0.337. The van der Waals surface area contributed by atoms with E-state index in [9.17, 15) is 13.6 Å². The van der Waals surface area contributed by atoms with Gasteiger partial charge in [0.25, 0.3) is 0 Å². The van der Waals surface area contributed by atoms with Crippen LogP contribution >= 0.6 is 11.8 Å². The summed E-state index contributed by atoms with van der Waals surface area (Å²) in [7, 11) is 1.76. The number of thioether (sulfide) groups is 1. The van der Waals surface area contributed by atoms with Crippen molar-refractivity contribution in [1.82, 2.24) is 19.7 Å². The molecule has 128 valence electrons. The molecule has 0 saturated carbocycles. The molecule has 2 aromatic heterocycles. The lowest BCUT2D eigenvalue weighted by Crippen LogP contribution is -2.16. The maximum Gasteiger partial charge on any atom is 0.235 e. The SMILES string of the molecule is Cn1c(SCC(=O)Nc2c(F)cccc2F)nnc1-c1cccnc1. The summed E-state index contributed by atoms with van der Waals surface area (Å²) in [6.45, 7) is 0. The van der Waals surface area contributed by atoms with E-state index in [-0.39, 0.29) is 5.75 Å². The minimum atomic E-state index is -0.823. The number of rotatable bonds is 5. The van der Waals surface area contributed by atoms with E-state index in [2.05, 4.69) is 20.5 Å². The molecule has 1 aromatic carbocycles. The van der Waals surface area contributed by atoms with Crippen molar-refractivity contribution in [2.45, 2.75) is 5.16 Å². The molecule has 2 heterocycles. The molecule has 1 amide bonds. The lowest BCUT2D eigenvalue weighted by atomic mass is 10.3. The van der Waals surface area contributed by atoms with Crippen LogP contribution in [0.5, 0.6) is 0 Å². The van der Waals surface area contributed by atoms with E-state index < -0.39 is 23.2 Å². The van der Waals surface area contributed by atoms with Gasteiger partial charge in [-0.15, -0.1) is 10.2 Å². The van der Waals surface area contributed by atoms with Gasteiger partial charge >= 0.3 is 0 Å². The van der Waals surface area contributed by atoms with Crippen LogP contribution in [-0.4, -0.2) is 31.4 Å². The van der Waals surface area contributed by atoms with E-state index in [0.717, 1.165) is 29.5 Å². The Balaban J connectivity index is 1.66. The van der Waals surface area contributed by atoms with Gasteiger partial charge in [-0.05, 0) is 24.3 Å². The fourth-order valence-electron chi connectivity index (χ4n) is 2.11. The van der Waals surface area contributed by atoms with Crippen molar-refractivity contribution in [3.05, 3.63) is 54.4 Å². The molecule has 0 aliphatic rings. The molecule has 0 aliphatic heterocycles. The highest BCUT2D eigenvalue weighted by molar-refractivity contribution is 7.99. The molecule has 0 spiro atoms. The summed E-state index contributed by atoms with van der Waals surface area (Å²) in [5, 5.41) is 10.8. The topological polar surface area (TPSA) is 72.7 Å². The average Bonchev–Trinajstić information content (AvgIpc) is 2.98. The highest BCUT2D eigenvalue weighted by Gasteiger charge is 2.15. The first-order valence-electron chi connectivity index (χ1n) is 7.22. The molecule has 0 bridgehead atoms. The minimum absolute atomic E-state index is 0.0627. The number of aromatic nitrogens is 4. The molecule has 6 nitrogen and oxygen atoms in total. The monoisotopic (exact) mass is 361 g/mol. The van der Waals surface area contributed by atoms with Crippen LogP contribution < -0.4 is 5.32 Å². The number of para-hydroxylation sites is 1. The first kappa shape index (κ1) is 17.0. The predicted octanol–water partition coefficient (Wildman–Crippen LogP) is 2.89. The third-order valence-corrected chi connectivity index (χ3v) is 4.33. The van der Waals surface area contributed by atoms with Gasteiger partial charge in [0.15, 0.2) is 11.0 Å². The Bertz CT molecular complexity index is 881. The molecule has 0 saturated heterocycles. The summed E-state index contributed by atoms with van der Waals surface area (Å²) in [5.74, 6) is -1.64. The van der Waals surface area contributed by atoms with Gasteiger partial charge in [0.1, 0.15) is 17.3 Å². The van der Waals surface area contributed by atoms with Gasteiger partial charge in [-0.3, -0.25) is 9.78 Å². The molecule has 25 heavy (non-hydrogen) atoms. The van der Waals surface area contributed by atoms with E-state index in [0.29, 0.717) is 11.0 Å². The molecule has 3 aromatic rings. The summed E-state index contributed by atoms with van der Waals surface area (Å²) >= 11 is 1.11. The van der Waals surface area contributed by atoms with E-state index in [1.807, 2.05) is 6.07 Å². The van der Waals surface area contributed by atoms with Gasteiger partial charge in [0, 0.05) is 25.0 Å². The van der Waals surface area contributed by atoms with Gasteiger partial charge in [0.2, 0.25) is 5.91 Å². The number of nitrogens with zero attached hydrogens (tertiary/aromatic N) is 4. The molecular formula is C16H13F2N5OS. The third kappa shape index (κ3) is 3.82. The fraction of sp³-hybridized carbons (Fsp3) is 0.125. The number of pyridine rings is 1. The number of carbonyl (C=O) groups excluding carboxylic acids is 1. The maximum absolute atomic E-state index is 13.5. The van der Waals surface area contributed by atoms with Crippen LogP contribution in [0.1, 0.15) is 0 Å². The van der Waals surface area contributed by atoms with E-state index in [4.69, 9.17) is 0 Å². The van der Waals surface area contributed by atoms with Crippen molar-refractivity contribution in [1.29, 1.82) is 0 Å². The molecule has 0 atom stereocenters. The molecule has 3 rings (SSSR count).